The molecule has 0 radical (unpaired) electrons. The highest BCUT2D eigenvalue weighted by molar-refractivity contribution is 6.13. The maximum Gasteiger partial charge on any atom is 0.425 e. The van der Waals surface area contributed by atoms with Crippen LogP contribution < -0.4 is 26.8 Å². The van der Waals surface area contributed by atoms with Gasteiger partial charge in [0.2, 0.25) is 0 Å². The van der Waals surface area contributed by atoms with E-state index in [1.54, 1.807) is 83.1 Å². The van der Waals surface area contributed by atoms with Gasteiger partial charge in [0.15, 0.2) is 11.5 Å². The van der Waals surface area contributed by atoms with E-state index < -0.39 is 69.2 Å². The van der Waals surface area contributed by atoms with Gasteiger partial charge in [0.05, 0.1) is 0 Å². The summed E-state index contributed by atoms with van der Waals surface area (Å²) in [4.78, 5) is 88.3. The average Bonchev–Trinajstić information content (AvgIpc) is 2.87. The Kier molecular flexibility index (Phi) is 13.1. The fraction of sp³-hybridized carbons (Fsp3) is 0.688. The number of ether oxygens (including phenoxy) is 4. The summed E-state index contributed by atoms with van der Waals surface area (Å²) in [6, 6.07) is 0. The maximum atomic E-state index is 14.0. The van der Waals surface area contributed by atoms with Crippen molar-refractivity contribution in [2.75, 3.05) is 24.5 Å². The molecule has 17 nitrogen and oxygen atoms in total. The van der Waals surface area contributed by atoms with E-state index >= 15 is 0 Å². The second kappa shape index (κ2) is 15.8. The number of alkyl carbamates (subject to hydrolysis) is 1. The average molecular weight is 694 g/mol. The second-order valence-electron chi connectivity index (χ2n) is 15.1. The molecule has 2 aromatic rings. The molecule has 0 atom stereocenters. The molecule has 17 heteroatoms. The van der Waals surface area contributed by atoms with Crippen molar-refractivity contribution in [2.24, 2.45) is 0 Å². The van der Waals surface area contributed by atoms with Gasteiger partial charge in [-0.3, -0.25) is 9.36 Å². The van der Waals surface area contributed by atoms with Gasteiger partial charge in [0.25, 0.3) is 5.56 Å². The van der Waals surface area contributed by atoms with Crippen molar-refractivity contribution in [3.8, 4) is 0 Å². The number of unbranched alkanes of at least 4 members (excludes halogenated alkanes) is 1. The number of nitrogens with zero attached hydrogens (tertiary/aromatic N) is 5. The molecule has 2 N–H and O–H groups in total. The summed E-state index contributed by atoms with van der Waals surface area (Å²) in [5.74, 6) is -0.560. The van der Waals surface area contributed by atoms with Crippen molar-refractivity contribution >= 4 is 41.2 Å². The Morgan fingerprint density at radius 1 is 0.714 bits per heavy atom. The molecule has 0 bridgehead atoms. The first-order valence-corrected chi connectivity index (χ1v) is 16.0. The summed E-state index contributed by atoms with van der Waals surface area (Å²) < 4.78 is 22.8. The van der Waals surface area contributed by atoms with Gasteiger partial charge in [-0.1, -0.05) is 0 Å². The van der Waals surface area contributed by atoms with Gasteiger partial charge in [-0.05, 0) is 102 Å². The minimum Gasteiger partial charge on any atom is -0.444 e. The van der Waals surface area contributed by atoms with E-state index in [0.717, 1.165) is 10.9 Å². The summed E-state index contributed by atoms with van der Waals surface area (Å²) in [6.45, 7) is 20.4. The molecule has 2 rings (SSSR count). The number of carbonyl (C=O) groups is 4. The lowest BCUT2D eigenvalue weighted by Gasteiger charge is -2.28. The minimum atomic E-state index is -1.28. The van der Waals surface area contributed by atoms with E-state index in [4.69, 9.17) is 18.9 Å². The lowest BCUT2D eigenvalue weighted by molar-refractivity contribution is 0.0425. The third-order valence-electron chi connectivity index (χ3n) is 5.80. The number of nitrogens with one attached hydrogen (secondary N) is 2. The molecule has 274 valence electrons. The Balaban J connectivity index is 2.55. The van der Waals surface area contributed by atoms with E-state index in [9.17, 15) is 28.8 Å². The predicted octanol–water partition coefficient (Wildman–Crippen LogP) is 4.31. The van der Waals surface area contributed by atoms with Gasteiger partial charge in [-0.25, -0.2) is 33.9 Å². The number of anilines is 1. The zero-order valence-electron chi connectivity index (χ0n) is 30.6. The van der Waals surface area contributed by atoms with E-state index in [0.29, 0.717) is 30.8 Å². The van der Waals surface area contributed by atoms with Crippen LogP contribution in [0.1, 0.15) is 95.9 Å². The van der Waals surface area contributed by atoms with E-state index in [2.05, 4.69) is 20.6 Å². The van der Waals surface area contributed by atoms with Crippen LogP contribution in [0.2, 0.25) is 0 Å². The molecule has 0 saturated carbocycles. The number of rotatable bonds is 9. The zero-order chi connectivity index (χ0) is 37.5. The zero-order valence-corrected chi connectivity index (χ0v) is 30.6. The van der Waals surface area contributed by atoms with Crippen LogP contribution in [0.15, 0.2) is 15.9 Å². The summed E-state index contributed by atoms with van der Waals surface area (Å²) >= 11 is 0. The highest BCUT2D eigenvalue weighted by atomic mass is 16.6. The van der Waals surface area contributed by atoms with Crippen molar-refractivity contribution in [1.82, 2.24) is 29.7 Å². The summed E-state index contributed by atoms with van der Waals surface area (Å²) in [6.07, 6.45) is -1.95. The molecule has 0 aliphatic rings. The molecule has 2 heterocycles. The summed E-state index contributed by atoms with van der Waals surface area (Å²) in [7, 11) is 0. The Hall–Kier alpha value is -4.54. The molecule has 3 amide bonds. The minimum absolute atomic E-state index is 0.0934. The Labute approximate surface area is 285 Å². The van der Waals surface area contributed by atoms with Crippen LogP contribution in [0.5, 0.6) is 0 Å². The standard InChI is InChI=1S/C32H51N7O10/c1-29(2,3)46-24(41)34-16-14-13-15-33-17-18-37-21-20(23(40)39(25(37)42)28(45)49-32(10,11)12)22(36-19-35-21)38(26(43)47-30(4,5)6)27(44)48-31(7,8)9/h19,33H,13-18H2,1-12H3,(H,34,41). The van der Waals surface area contributed by atoms with Gasteiger partial charge < -0.3 is 29.6 Å². The molecule has 0 aromatic carbocycles. The van der Waals surface area contributed by atoms with Crippen LogP contribution in [0, 0.1) is 0 Å². The topological polar surface area (TPSA) is 202 Å². The van der Waals surface area contributed by atoms with Crippen LogP contribution in [-0.4, -0.2) is 85.5 Å². The van der Waals surface area contributed by atoms with Crippen molar-refractivity contribution in [3.05, 3.63) is 27.2 Å². The van der Waals surface area contributed by atoms with Gasteiger partial charge >= 0.3 is 30.1 Å². The molecule has 49 heavy (non-hydrogen) atoms. The van der Waals surface area contributed by atoms with Crippen molar-refractivity contribution < 1.29 is 38.1 Å². The third kappa shape index (κ3) is 12.8. The Bertz CT molecular complexity index is 1610. The number of amides is 3. The molecule has 0 aliphatic heterocycles. The SMILES string of the molecule is CC(C)(C)OC(=O)NCCCCNCCn1c(=O)n(C(=O)OC(C)(C)C)c(=O)c2c(N(C(=O)OC(C)(C)C)C(=O)OC(C)(C)C)ncnc21. The third-order valence-corrected chi connectivity index (χ3v) is 5.80. The number of carbonyl (C=O) groups excluding carboxylic acids is 4. The Morgan fingerprint density at radius 3 is 1.73 bits per heavy atom. The van der Waals surface area contributed by atoms with Crippen LogP contribution >= 0.6 is 0 Å². The molecule has 2 aromatic heterocycles. The number of imide groups is 1. The summed E-state index contributed by atoms with van der Waals surface area (Å²) in [5.41, 5.74) is -6.36. The maximum absolute atomic E-state index is 14.0. The van der Waals surface area contributed by atoms with Gasteiger partial charge in [0.1, 0.15) is 34.1 Å². The molecule has 0 unspecified atom stereocenters. The second-order valence-corrected chi connectivity index (χ2v) is 15.1. The van der Waals surface area contributed by atoms with E-state index in [1.165, 1.54) is 0 Å². The number of hydrogen-bond acceptors (Lipinski definition) is 13. The molecule has 0 saturated heterocycles. The van der Waals surface area contributed by atoms with E-state index in [-0.39, 0.29) is 23.3 Å². The Morgan fingerprint density at radius 2 is 1.22 bits per heavy atom. The lowest BCUT2D eigenvalue weighted by atomic mass is 10.2. The normalized spacial score (nSPS) is 12.3. The van der Waals surface area contributed by atoms with Gasteiger partial charge in [-0.15, -0.1) is 0 Å². The number of fused-ring (bicyclic) bond motifs is 1. The summed E-state index contributed by atoms with van der Waals surface area (Å²) in [5, 5.41) is 5.35. The van der Waals surface area contributed by atoms with Crippen LogP contribution in [0.25, 0.3) is 11.0 Å². The quantitative estimate of drug-likeness (QED) is 0.278. The predicted molar refractivity (Wildman–Crippen MR) is 181 cm³/mol. The molecule has 0 fully saturated rings. The fourth-order valence-electron chi connectivity index (χ4n) is 4.07. The van der Waals surface area contributed by atoms with Crippen molar-refractivity contribution in [3.63, 3.8) is 0 Å². The largest absolute Gasteiger partial charge is 0.444 e. The lowest BCUT2D eigenvalue weighted by Crippen LogP contribution is -2.48. The van der Waals surface area contributed by atoms with Crippen LogP contribution in [-0.2, 0) is 25.5 Å². The number of aromatic nitrogens is 4. The molecule has 0 aliphatic carbocycles. The molecular formula is C32H51N7O10. The highest BCUT2D eigenvalue weighted by Gasteiger charge is 2.37. The smallest absolute Gasteiger partial charge is 0.425 e. The first-order valence-electron chi connectivity index (χ1n) is 16.0. The first-order chi connectivity index (χ1) is 22.3. The molecule has 0 spiro atoms. The molecular weight excluding hydrogens is 642 g/mol. The van der Waals surface area contributed by atoms with Gasteiger partial charge in [0, 0.05) is 19.6 Å². The van der Waals surface area contributed by atoms with Crippen LogP contribution in [0.4, 0.5) is 25.0 Å². The van der Waals surface area contributed by atoms with Crippen molar-refractivity contribution in [1.29, 1.82) is 0 Å². The first kappa shape index (κ1) is 40.6. The fourth-order valence-corrected chi connectivity index (χ4v) is 4.07. The van der Waals surface area contributed by atoms with Crippen LogP contribution in [0.3, 0.4) is 0 Å². The monoisotopic (exact) mass is 693 g/mol. The van der Waals surface area contributed by atoms with Crippen molar-refractivity contribution in [2.45, 2.75) is 125 Å². The highest BCUT2D eigenvalue weighted by Crippen LogP contribution is 2.24. The van der Waals surface area contributed by atoms with Gasteiger partial charge in [-0.2, -0.15) is 9.47 Å². The number of hydrogen-bond donors (Lipinski definition) is 2. The van der Waals surface area contributed by atoms with E-state index in [1.807, 2.05) is 0 Å².